The number of rotatable bonds is 7. The van der Waals surface area contributed by atoms with E-state index in [2.05, 4.69) is 0 Å². The van der Waals surface area contributed by atoms with E-state index < -0.39 is 9.84 Å². The SMILES string of the molecule is CCCS(=O)(=O)CCOCc1ccc(N)cc1. The van der Waals surface area contributed by atoms with Crippen molar-refractivity contribution in [2.45, 2.75) is 20.0 Å². The summed E-state index contributed by atoms with van der Waals surface area (Å²) in [5.41, 5.74) is 7.25. The Hall–Kier alpha value is -1.07. The number of nitrogen functional groups attached to an aromatic ring is 1. The summed E-state index contributed by atoms with van der Waals surface area (Å²) in [7, 11) is -2.94. The minimum absolute atomic E-state index is 0.0931. The Bertz CT molecular complexity index is 426. The molecule has 0 saturated carbocycles. The zero-order valence-corrected chi connectivity index (χ0v) is 10.9. The summed E-state index contributed by atoms with van der Waals surface area (Å²) < 4.78 is 28.1. The Morgan fingerprint density at radius 1 is 1.18 bits per heavy atom. The van der Waals surface area contributed by atoms with E-state index in [1.807, 2.05) is 19.1 Å². The van der Waals surface area contributed by atoms with Crippen molar-refractivity contribution in [3.8, 4) is 0 Å². The number of sulfone groups is 1. The van der Waals surface area contributed by atoms with E-state index >= 15 is 0 Å². The normalized spacial score (nSPS) is 11.6. The van der Waals surface area contributed by atoms with Crippen molar-refractivity contribution in [3.63, 3.8) is 0 Å². The van der Waals surface area contributed by atoms with Crippen LogP contribution >= 0.6 is 0 Å². The highest BCUT2D eigenvalue weighted by Crippen LogP contribution is 2.06. The predicted octanol–water partition coefficient (Wildman–Crippen LogP) is 1.61. The zero-order valence-electron chi connectivity index (χ0n) is 10.1. The molecule has 1 aromatic rings. The lowest BCUT2D eigenvalue weighted by Gasteiger charge is -2.05. The third kappa shape index (κ3) is 5.70. The summed E-state index contributed by atoms with van der Waals surface area (Å²) in [6.45, 7) is 2.52. The van der Waals surface area contributed by atoms with Gasteiger partial charge in [0.2, 0.25) is 0 Å². The van der Waals surface area contributed by atoms with Crippen LogP contribution in [0.1, 0.15) is 18.9 Å². The molecule has 0 saturated heterocycles. The fourth-order valence-electron chi connectivity index (χ4n) is 1.40. The molecule has 0 radical (unpaired) electrons. The highest BCUT2D eigenvalue weighted by atomic mass is 32.2. The monoisotopic (exact) mass is 257 g/mol. The van der Waals surface area contributed by atoms with Crippen LogP contribution in [0.4, 0.5) is 5.69 Å². The van der Waals surface area contributed by atoms with Crippen molar-refractivity contribution in [2.24, 2.45) is 0 Å². The quantitative estimate of drug-likeness (QED) is 0.595. The largest absolute Gasteiger partial charge is 0.399 e. The minimum Gasteiger partial charge on any atom is -0.399 e. The lowest BCUT2D eigenvalue weighted by molar-refractivity contribution is 0.135. The Kier molecular flexibility index (Phi) is 5.44. The van der Waals surface area contributed by atoms with Crippen LogP contribution in [0.2, 0.25) is 0 Å². The third-order valence-electron chi connectivity index (χ3n) is 2.30. The molecule has 0 unspecified atom stereocenters. The van der Waals surface area contributed by atoms with Crippen LogP contribution in [0.5, 0.6) is 0 Å². The first-order valence-corrected chi connectivity index (χ1v) is 7.48. The Morgan fingerprint density at radius 3 is 2.41 bits per heavy atom. The summed E-state index contributed by atoms with van der Waals surface area (Å²) in [6, 6.07) is 7.34. The van der Waals surface area contributed by atoms with Gasteiger partial charge >= 0.3 is 0 Å². The first kappa shape index (κ1) is 14.0. The Morgan fingerprint density at radius 2 is 1.82 bits per heavy atom. The summed E-state index contributed by atoms with van der Waals surface area (Å²) in [6.07, 6.45) is 0.653. The van der Waals surface area contributed by atoms with Gasteiger partial charge in [-0.15, -0.1) is 0 Å². The lowest BCUT2D eigenvalue weighted by atomic mass is 10.2. The van der Waals surface area contributed by atoms with Crippen LogP contribution < -0.4 is 5.73 Å². The van der Waals surface area contributed by atoms with E-state index in [0.717, 1.165) is 5.56 Å². The average Bonchev–Trinajstić information content (AvgIpc) is 2.27. The first-order valence-electron chi connectivity index (χ1n) is 5.66. The molecule has 0 bridgehead atoms. The molecule has 17 heavy (non-hydrogen) atoms. The standard InChI is InChI=1S/C12H19NO3S/c1-2-8-17(14,15)9-7-16-10-11-3-5-12(13)6-4-11/h3-6H,2,7-10,13H2,1H3. The maximum Gasteiger partial charge on any atom is 0.152 e. The van der Waals surface area contributed by atoms with Crippen LogP contribution in [0.3, 0.4) is 0 Å². The van der Waals surface area contributed by atoms with Crippen molar-refractivity contribution in [2.75, 3.05) is 23.8 Å². The molecular formula is C12H19NO3S. The maximum atomic E-state index is 11.4. The molecule has 0 spiro atoms. The van der Waals surface area contributed by atoms with Gasteiger partial charge in [0.15, 0.2) is 9.84 Å². The number of ether oxygens (including phenoxy) is 1. The lowest BCUT2D eigenvalue weighted by Crippen LogP contribution is -2.15. The van der Waals surface area contributed by atoms with Crippen LogP contribution in [-0.4, -0.2) is 26.5 Å². The Labute approximate surface area is 103 Å². The van der Waals surface area contributed by atoms with Gasteiger partial charge in [-0.05, 0) is 24.1 Å². The van der Waals surface area contributed by atoms with Gasteiger partial charge in [0, 0.05) is 11.4 Å². The molecule has 0 aliphatic carbocycles. The molecule has 2 N–H and O–H groups in total. The zero-order chi connectivity index (χ0) is 12.7. The second kappa shape index (κ2) is 6.61. The van der Waals surface area contributed by atoms with Crippen molar-refractivity contribution in [1.29, 1.82) is 0 Å². The molecular weight excluding hydrogens is 238 g/mol. The van der Waals surface area contributed by atoms with Gasteiger partial charge in [0.1, 0.15) is 0 Å². The van der Waals surface area contributed by atoms with Crippen LogP contribution in [-0.2, 0) is 21.2 Å². The first-order chi connectivity index (χ1) is 8.03. The van der Waals surface area contributed by atoms with E-state index in [9.17, 15) is 8.42 Å². The topological polar surface area (TPSA) is 69.4 Å². The van der Waals surface area contributed by atoms with Crippen LogP contribution in [0.25, 0.3) is 0 Å². The molecule has 0 fully saturated rings. The van der Waals surface area contributed by atoms with Crippen molar-refractivity contribution in [1.82, 2.24) is 0 Å². The van der Waals surface area contributed by atoms with Crippen molar-refractivity contribution >= 4 is 15.5 Å². The van der Waals surface area contributed by atoms with Gasteiger partial charge in [0.25, 0.3) is 0 Å². The molecule has 96 valence electrons. The fraction of sp³-hybridized carbons (Fsp3) is 0.500. The Balaban J connectivity index is 2.27. The molecule has 0 aromatic heterocycles. The predicted molar refractivity (Wildman–Crippen MR) is 69.5 cm³/mol. The average molecular weight is 257 g/mol. The van der Waals surface area contributed by atoms with Gasteiger partial charge in [0.05, 0.1) is 19.0 Å². The number of benzene rings is 1. The van der Waals surface area contributed by atoms with Crippen LogP contribution in [0.15, 0.2) is 24.3 Å². The number of nitrogens with two attached hydrogens (primary N) is 1. The number of hydrogen-bond acceptors (Lipinski definition) is 4. The molecule has 0 atom stereocenters. The smallest absolute Gasteiger partial charge is 0.152 e. The van der Waals surface area contributed by atoms with E-state index in [1.165, 1.54) is 0 Å². The number of anilines is 1. The number of hydrogen-bond donors (Lipinski definition) is 1. The summed E-state index contributed by atoms with van der Waals surface area (Å²) in [5.74, 6) is 0.327. The summed E-state index contributed by atoms with van der Waals surface area (Å²) in [4.78, 5) is 0. The molecule has 1 rings (SSSR count). The molecule has 0 heterocycles. The summed E-state index contributed by atoms with van der Waals surface area (Å²) in [5, 5.41) is 0. The second-order valence-electron chi connectivity index (χ2n) is 3.95. The minimum atomic E-state index is -2.94. The highest BCUT2D eigenvalue weighted by molar-refractivity contribution is 7.91. The maximum absolute atomic E-state index is 11.4. The molecule has 0 aliphatic rings. The fourth-order valence-corrected chi connectivity index (χ4v) is 2.60. The third-order valence-corrected chi connectivity index (χ3v) is 4.12. The molecule has 4 nitrogen and oxygen atoms in total. The van der Waals surface area contributed by atoms with E-state index in [1.54, 1.807) is 12.1 Å². The van der Waals surface area contributed by atoms with Gasteiger partial charge in [-0.2, -0.15) is 0 Å². The van der Waals surface area contributed by atoms with Gasteiger partial charge in [-0.3, -0.25) is 0 Å². The second-order valence-corrected chi connectivity index (χ2v) is 6.25. The van der Waals surface area contributed by atoms with E-state index in [4.69, 9.17) is 10.5 Å². The van der Waals surface area contributed by atoms with E-state index in [-0.39, 0.29) is 18.1 Å². The van der Waals surface area contributed by atoms with Gasteiger partial charge < -0.3 is 10.5 Å². The summed E-state index contributed by atoms with van der Waals surface area (Å²) >= 11 is 0. The van der Waals surface area contributed by atoms with Crippen molar-refractivity contribution < 1.29 is 13.2 Å². The van der Waals surface area contributed by atoms with Crippen LogP contribution in [0, 0.1) is 0 Å². The van der Waals surface area contributed by atoms with E-state index in [0.29, 0.717) is 18.7 Å². The van der Waals surface area contributed by atoms with Crippen molar-refractivity contribution in [3.05, 3.63) is 29.8 Å². The molecule has 0 aliphatic heterocycles. The molecule has 1 aromatic carbocycles. The van der Waals surface area contributed by atoms with Gasteiger partial charge in [-0.1, -0.05) is 19.1 Å². The van der Waals surface area contributed by atoms with Gasteiger partial charge in [-0.25, -0.2) is 8.42 Å². The molecule has 5 heteroatoms. The highest BCUT2D eigenvalue weighted by Gasteiger charge is 2.08. The molecule has 0 amide bonds.